The molecule has 1 aliphatic heterocycles. The van der Waals surface area contributed by atoms with E-state index in [-0.39, 0.29) is 5.41 Å². The van der Waals surface area contributed by atoms with Gasteiger partial charge in [-0.05, 0) is 58.8 Å². The topological polar surface area (TPSA) is 71.6 Å². The first-order valence-corrected chi connectivity index (χ1v) is 8.58. The van der Waals surface area contributed by atoms with Crippen LogP contribution in [0.2, 0.25) is 0 Å². The van der Waals surface area contributed by atoms with Crippen LogP contribution in [0.1, 0.15) is 87.0 Å². The van der Waals surface area contributed by atoms with Crippen molar-refractivity contribution in [1.82, 2.24) is 0 Å². The Hall–Kier alpha value is -0.650. The van der Waals surface area contributed by atoms with Crippen molar-refractivity contribution in [2.24, 2.45) is 5.41 Å². The van der Waals surface area contributed by atoms with E-state index >= 15 is 0 Å². The Balaban J connectivity index is 2.40. The van der Waals surface area contributed by atoms with Gasteiger partial charge in [-0.25, -0.2) is 4.79 Å². The van der Waals surface area contributed by atoms with Gasteiger partial charge in [-0.1, -0.05) is 27.2 Å². The van der Waals surface area contributed by atoms with Crippen molar-refractivity contribution in [3.05, 3.63) is 0 Å². The second-order valence-corrected chi connectivity index (χ2v) is 9.15. The summed E-state index contributed by atoms with van der Waals surface area (Å²) in [5, 5.41) is 9.81. The molecule has 0 aromatic carbocycles. The minimum atomic E-state index is -1.20. The minimum absolute atomic E-state index is 0.290. The summed E-state index contributed by atoms with van der Waals surface area (Å²) < 4.78 is 5.56. The molecular formula is C18H34O5. The molecule has 1 rings (SSSR count). The zero-order valence-corrected chi connectivity index (χ0v) is 15.8. The highest BCUT2D eigenvalue weighted by Gasteiger charge is 2.58. The molecule has 0 aromatic heterocycles. The lowest BCUT2D eigenvalue weighted by Gasteiger charge is -2.28. The van der Waals surface area contributed by atoms with Gasteiger partial charge >= 0.3 is 11.8 Å². The Morgan fingerprint density at radius 3 is 1.96 bits per heavy atom. The first kappa shape index (κ1) is 20.4. The Labute approximate surface area is 140 Å². The quantitative estimate of drug-likeness (QED) is 0.298. The molecule has 0 spiro atoms. The van der Waals surface area contributed by atoms with Crippen molar-refractivity contribution in [1.29, 1.82) is 0 Å². The van der Waals surface area contributed by atoms with Gasteiger partial charge in [0.05, 0.1) is 5.60 Å². The van der Waals surface area contributed by atoms with Gasteiger partial charge in [0, 0.05) is 6.42 Å². The van der Waals surface area contributed by atoms with Crippen LogP contribution >= 0.6 is 0 Å². The molecule has 0 radical (unpaired) electrons. The molecule has 23 heavy (non-hydrogen) atoms. The molecular weight excluding hydrogens is 296 g/mol. The molecule has 1 N–H and O–H groups in total. The number of unbranched alkanes of at least 4 members (excludes halogenated alkanes) is 1. The van der Waals surface area contributed by atoms with E-state index in [1.165, 1.54) is 0 Å². The van der Waals surface area contributed by atoms with Crippen molar-refractivity contribution in [2.45, 2.75) is 104 Å². The third kappa shape index (κ3) is 8.13. The molecule has 1 saturated heterocycles. The number of esters is 1. The third-order valence-electron chi connectivity index (χ3n) is 3.99. The van der Waals surface area contributed by atoms with E-state index in [2.05, 4.69) is 20.8 Å². The summed E-state index contributed by atoms with van der Waals surface area (Å²) in [4.78, 5) is 22.2. The van der Waals surface area contributed by atoms with Crippen LogP contribution in [0.25, 0.3) is 0 Å². The zero-order chi connectivity index (χ0) is 17.9. The monoisotopic (exact) mass is 330 g/mol. The van der Waals surface area contributed by atoms with E-state index in [1.54, 1.807) is 13.8 Å². The number of ether oxygens (including phenoxy) is 1. The lowest BCUT2D eigenvalue weighted by atomic mass is 9.89. The van der Waals surface area contributed by atoms with Crippen molar-refractivity contribution in [3.63, 3.8) is 0 Å². The van der Waals surface area contributed by atoms with Crippen molar-refractivity contribution in [3.8, 4) is 0 Å². The molecule has 1 heterocycles. The number of carbonyl (C=O) groups is 1. The summed E-state index contributed by atoms with van der Waals surface area (Å²) in [7, 11) is 0. The summed E-state index contributed by atoms with van der Waals surface area (Å²) in [6, 6.07) is 0. The summed E-state index contributed by atoms with van der Waals surface area (Å²) in [6.45, 7) is 13.8. The highest BCUT2D eigenvalue weighted by atomic mass is 17.4. The Morgan fingerprint density at radius 2 is 1.52 bits per heavy atom. The van der Waals surface area contributed by atoms with Crippen molar-refractivity contribution in [2.75, 3.05) is 0 Å². The molecule has 0 aliphatic carbocycles. The molecule has 5 nitrogen and oxygen atoms in total. The van der Waals surface area contributed by atoms with E-state index in [0.717, 1.165) is 19.3 Å². The lowest BCUT2D eigenvalue weighted by molar-refractivity contribution is -0.166. The first-order valence-electron chi connectivity index (χ1n) is 8.58. The summed E-state index contributed by atoms with van der Waals surface area (Å²) in [5.74, 6) is -1.67. The second kappa shape index (κ2) is 7.08. The maximum Gasteiger partial charge on any atom is 0.373 e. The molecule has 5 heteroatoms. The summed E-state index contributed by atoms with van der Waals surface area (Å²) in [5.41, 5.74) is -1.15. The van der Waals surface area contributed by atoms with Gasteiger partial charge in [0.15, 0.2) is 0 Å². The normalized spacial score (nSPS) is 17.9. The number of aliphatic hydroxyl groups is 1. The number of hydrogen-bond acceptors (Lipinski definition) is 5. The maximum atomic E-state index is 12.3. The minimum Gasteiger partial charge on any atom is -0.456 e. The average molecular weight is 330 g/mol. The van der Waals surface area contributed by atoms with E-state index < -0.39 is 23.0 Å². The van der Waals surface area contributed by atoms with Gasteiger partial charge in [0.2, 0.25) is 0 Å². The lowest BCUT2D eigenvalue weighted by Crippen LogP contribution is -2.37. The van der Waals surface area contributed by atoms with Gasteiger partial charge in [-0.15, -0.1) is 0 Å². The first-order chi connectivity index (χ1) is 10.2. The van der Waals surface area contributed by atoms with Gasteiger partial charge in [-0.3, -0.25) is 0 Å². The Morgan fingerprint density at radius 1 is 0.957 bits per heavy atom. The van der Waals surface area contributed by atoms with Crippen LogP contribution in [0.5, 0.6) is 0 Å². The highest BCUT2D eigenvalue weighted by molar-refractivity contribution is 5.79. The predicted octanol–water partition coefficient (Wildman–Crippen LogP) is 4.12. The second-order valence-electron chi connectivity index (χ2n) is 9.15. The zero-order valence-electron chi connectivity index (χ0n) is 15.8. The standard InChI is InChI=1S/C18H34O5/c1-15(2,3)10-8-9-11-18(22-23-18)14(19)21-17(6,7)13-12-16(4,5)20/h20H,8-13H2,1-7H3. The maximum absolute atomic E-state index is 12.3. The molecule has 1 aliphatic rings. The fourth-order valence-corrected chi connectivity index (χ4v) is 2.30. The molecule has 0 atom stereocenters. The molecule has 0 unspecified atom stereocenters. The van der Waals surface area contributed by atoms with Crippen LogP contribution in [0, 0.1) is 5.41 Å². The van der Waals surface area contributed by atoms with E-state index in [1.807, 2.05) is 13.8 Å². The van der Waals surface area contributed by atoms with Gasteiger partial charge in [0.1, 0.15) is 5.60 Å². The molecule has 0 saturated carbocycles. The van der Waals surface area contributed by atoms with Gasteiger partial charge < -0.3 is 9.84 Å². The van der Waals surface area contributed by atoms with Gasteiger partial charge in [0.25, 0.3) is 0 Å². The van der Waals surface area contributed by atoms with Crippen LogP contribution in [0.15, 0.2) is 0 Å². The fraction of sp³-hybridized carbons (Fsp3) is 0.944. The Kier molecular flexibility index (Phi) is 6.27. The van der Waals surface area contributed by atoms with E-state index in [9.17, 15) is 9.90 Å². The smallest absolute Gasteiger partial charge is 0.373 e. The van der Waals surface area contributed by atoms with Crippen molar-refractivity contribution >= 4 is 5.97 Å². The predicted molar refractivity (Wildman–Crippen MR) is 88.5 cm³/mol. The molecule has 0 amide bonds. The van der Waals surface area contributed by atoms with Gasteiger partial charge in [-0.2, -0.15) is 9.78 Å². The average Bonchev–Trinajstić information content (AvgIpc) is 3.11. The highest BCUT2D eigenvalue weighted by Crippen LogP contribution is 2.39. The molecule has 1 fully saturated rings. The third-order valence-corrected chi connectivity index (χ3v) is 3.99. The van der Waals surface area contributed by atoms with E-state index in [4.69, 9.17) is 14.5 Å². The van der Waals surface area contributed by atoms with Crippen LogP contribution in [-0.2, 0) is 19.3 Å². The van der Waals surface area contributed by atoms with Crippen LogP contribution in [0.4, 0.5) is 0 Å². The molecule has 0 aromatic rings. The number of carbonyl (C=O) groups excluding carboxylic acids is 1. The van der Waals surface area contributed by atoms with Crippen LogP contribution < -0.4 is 0 Å². The van der Waals surface area contributed by atoms with Crippen LogP contribution in [0.3, 0.4) is 0 Å². The molecule has 136 valence electrons. The summed E-state index contributed by atoms with van der Waals surface area (Å²) in [6.07, 6.45) is 4.61. The largest absolute Gasteiger partial charge is 0.456 e. The SMILES string of the molecule is CC(C)(C)CCCCC1(C(=O)OC(C)(C)CCC(C)(C)O)OO1. The number of rotatable bonds is 9. The van der Waals surface area contributed by atoms with Crippen molar-refractivity contribution < 1.29 is 24.4 Å². The van der Waals surface area contributed by atoms with E-state index in [0.29, 0.717) is 19.3 Å². The Bertz CT molecular complexity index is 397. The van der Waals surface area contributed by atoms with Crippen LogP contribution in [-0.4, -0.2) is 28.1 Å². The fourth-order valence-electron chi connectivity index (χ4n) is 2.30. The number of hydrogen-bond donors (Lipinski definition) is 1. The molecule has 0 bridgehead atoms. The summed E-state index contributed by atoms with van der Waals surface area (Å²) >= 11 is 0.